The maximum atomic E-state index is 5.13. The molecule has 8 aromatic carbocycles. The molecule has 0 amide bonds. The Labute approximate surface area is 302 Å². The highest BCUT2D eigenvalue weighted by Crippen LogP contribution is 2.50. The van der Waals surface area contributed by atoms with Crippen molar-refractivity contribution in [2.45, 2.75) is 0 Å². The van der Waals surface area contributed by atoms with Gasteiger partial charge in [0.05, 0.1) is 22.1 Å². The normalized spacial score (nSPS) is 11.5. The SMILES string of the molecule is c1ccc(-c2cc(-c3ccccc3)c(-c3ccccc3)c(-c3ccc(-n4c5ccccc5n5c6ccccc6nc45)cc3)c2-c2ccccc2)cc1. The topological polar surface area (TPSA) is 22.2 Å². The van der Waals surface area contributed by atoms with Crippen LogP contribution in [0.3, 0.4) is 0 Å². The molecular weight excluding hydrogens is 631 g/mol. The van der Waals surface area contributed by atoms with Gasteiger partial charge in [0.2, 0.25) is 5.78 Å². The predicted molar refractivity (Wildman–Crippen MR) is 217 cm³/mol. The zero-order valence-corrected chi connectivity index (χ0v) is 28.4. The molecule has 0 fully saturated rings. The molecule has 0 bridgehead atoms. The van der Waals surface area contributed by atoms with Gasteiger partial charge in [0.15, 0.2) is 0 Å². The van der Waals surface area contributed by atoms with Crippen molar-refractivity contribution in [1.29, 1.82) is 0 Å². The van der Waals surface area contributed by atoms with Crippen LogP contribution in [0.5, 0.6) is 0 Å². The number of fused-ring (bicyclic) bond motifs is 5. The lowest BCUT2D eigenvalue weighted by atomic mass is 9.79. The summed E-state index contributed by atoms with van der Waals surface area (Å²) >= 11 is 0. The Morgan fingerprint density at radius 3 is 1.29 bits per heavy atom. The molecule has 0 spiro atoms. The molecule has 52 heavy (non-hydrogen) atoms. The third kappa shape index (κ3) is 4.86. The Bertz CT molecular complexity index is 2750. The van der Waals surface area contributed by atoms with Gasteiger partial charge in [0, 0.05) is 5.69 Å². The number of imidazole rings is 2. The molecule has 244 valence electrons. The van der Waals surface area contributed by atoms with Crippen molar-refractivity contribution < 1.29 is 0 Å². The molecule has 2 heterocycles. The lowest BCUT2D eigenvalue weighted by Crippen LogP contribution is -1.99. The maximum Gasteiger partial charge on any atom is 0.220 e. The fourth-order valence-corrected chi connectivity index (χ4v) is 7.85. The first-order valence-electron chi connectivity index (χ1n) is 17.7. The first-order chi connectivity index (χ1) is 25.8. The van der Waals surface area contributed by atoms with Crippen LogP contribution in [0.15, 0.2) is 200 Å². The van der Waals surface area contributed by atoms with E-state index in [1.165, 1.54) is 50.1 Å². The number of hydrogen-bond donors (Lipinski definition) is 0. The Kier molecular flexibility index (Phi) is 7.14. The molecule has 10 rings (SSSR count). The molecule has 0 aliphatic carbocycles. The fraction of sp³-hybridized carbons (Fsp3) is 0. The van der Waals surface area contributed by atoms with Gasteiger partial charge >= 0.3 is 0 Å². The van der Waals surface area contributed by atoms with Gasteiger partial charge in [-0.1, -0.05) is 158 Å². The smallest absolute Gasteiger partial charge is 0.220 e. The highest BCUT2D eigenvalue weighted by atomic mass is 15.2. The maximum absolute atomic E-state index is 5.13. The fourth-order valence-electron chi connectivity index (χ4n) is 7.85. The van der Waals surface area contributed by atoms with Crippen LogP contribution in [-0.2, 0) is 0 Å². The summed E-state index contributed by atoms with van der Waals surface area (Å²) in [5, 5.41) is 0. The Morgan fingerprint density at radius 2 is 0.750 bits per heavy atom. The van der Waals surface area contributed by atoms with Gasteiger partial charge in [-0.15, -0.1) is 0 Å². The van der Waals surface area contributed by atoms with Crippen molar-refractivity contribution in [2.24, 2.45) is 0 Å². The van der Waals surface area contributed by atoms with Crippen LogP contribution in [0.25, 0.3) is 89.2 Å². The Morgan fingerprint density at radius 1 is 0.327 bits per heavy atom. The summed E-state index contributed by atoms with van der Waals surface area (Å²) in [5.41, 5.74) is 17.3. The highest BCUT2D eigenvalue weighted by molar-refractivity contribution is 6.07. The van der Waals surface area contributed by atoms with Crippen molar-refractivity contribution in [3.63, 3.8) is 0 Å². The van der Waals surface area contributed by atoms with E-state index in [4.69, 9.17) is 4.98 Å². The molecule has 0 saturated carbocycles. The van der Waals surface area contributed by atoms with Gasteiger partial charge in [-0.05, 0) is 98.1 Å². The summed E-state index contributed by atoms with van der Waals surface area (Å²) in [5.74, 6) is 0.905. The second kappa shape index (κ2) is 12.4. The largest absolute Gasteiger partial charge is 0.278 e. The number of rotatable bonds is 6. The van der Waals surface area contributed by atoms with Crippen LogP contribution < -0.4 is 0 Å². The third-order valence-electron chi connectivity index (χ3n) is 10.1. The van der Waals surface area contributed by atoms with E-state index in [0.29, 0.717) is 0 Å². The van der Waals surface area contributed by atoms with E-state index in [1.54, 1.807) is 0 Å². The Balaban J connectivity index is 1.29. The minimum absolute atomic E-state index is 0.905. The summed E-state index contributed by atoms with van der Waals surface area (Å²) in [6.45, 7) is 0. The van der Waals surface area contributed by atoms with E-state index in [1.807, 2.05) is 0 Å². The van der Waals surface area contributed by atoms with E-state index in [0.717, 1.165) is 39.1 Å². The van der Waals surface area contributed by atoms with Crippen LogP contribution >= 0.6 is 0 Å². The van der Waals surface area contributed by atoms with Gasteiger partial charge in [-0.25, -0.2) is 4.98 Å². The minimum Gasteiger partial charge on any atom is -0.278 e. The number of benzene rings is 8. The molecule has 0 atom stereocenters. The van der Waals surface area contributed by atoms with Crippen molar-refractivity contribution >= 4 is 27.8 Å². The molecule has 0 saturated heterocycles. The zero-order chi connectivity index (χ0) is 34.4. The van der Waals surface area contributed by atoms with Crippen molar-refractivity contribution in [2.75, 3.05) is 0 Å². The van der Waals surface area contributed by atoms with E-state index < -0.39 is 0 Å². The molecular formula is C49H33N3. The van der Waals surface area contributed by atoms with Gasteiger partial charge in [-0.3, -0.25) is 8.97 Å². The monoisotopic (exact) mass is 663 g/mol. The van der Waals surface area contributed by atoms with Crippen LogP contribution in [0.2, 0.25) is 0 Å². The number of para-hydroxylation sites is 4. The van der Waals surface area contributed by atoms with Crippen molar-refractivity contribution in [1.82, 2.24) is 14.0 Å². The average molecular weight is 664 g/mol. The van der Waals surface area contributed by atoms with Gasteiger partial charge in [0.1, 0.15) is 0 Å². The molecule has 3 heteroatoms. The quantitative estimate of drug-likeness (QED) is 0.174. The molecule has 0 aliphatic rings. The lowest BCUT2D eigenvalue weighted by Gasteiger charge is -2.24. The van der Waals surface area contributed by atoms with Crippen molar-refractivity contribution in [3.8, 4) is 61.3 Å². The first kappa shape index (κ1) is 29.9. The summed E-state index contributed by atoms with van der Waals surface area (Å²) in [4.78, 5) is 5.13. The van der Waals surface area contributed by atoms with E-state index in [9.17, 15) is 0 Å². The second-order valence-corrected chi connectivity index (χ2v) is 13.2. The summed E-state index contributed by atoms with van der Waals surface area (Å²) in [6.07, 6.45) is 0. The van der Waals surface area contributed by atoms with E-state index in [-0.39, 0.29) is 0 Å². The van der Waals surface area contributed by atoms with Crippen LogP contribution in [0.1, 0.15) is 0 Å². The molecule has 0 unspecified atom stereocenters. The lowest BCUT2D eigenvalue weighted by molar-refractivity contribution is 1.11. The van der Waals surface area contributed by atoms with E-state index in [2.05, 4.69) is 209 Å². The first-order valence-corrected chi connectivity index (χ1v) is 17.7. The zero-order valence-electron chi connectivity index (χ0n) is 28.4. The highest BCUT2D eigenvalue weighted by Gasteiger charge is 2.24. The number of aromatic nitrogens is 3. The average Bonchev–Trinajstić information content (AvgIpc) is 3.76. The molecule has 0 aliphatic heterocycles. The van der Waals surface area contributed by atoms with Gasteiger partial charge in [-0.2, -0.15) is 0 Å². The molecule has 10 aromatic rings. The summed E-state index contributed by atoms with van der Waals surface area (Å²) in [6, 6.07) is 71.7. The number of nitrogens with zero attached hydrogens (tertiary/aromatic N) is 3. The van der Waals surface area contributed by atoms with Gasteiger partial charge in [0.25, 0.3) is 0 Å². The second-order valence-electron chi connectivity index (χ2n) is 13.2. The van der Waals surface area contributed by atoms with Crippen LogP contribution in [-0.4, -0.2) is 14.0 Å². The standard InChI is InChI=1S/C49H33N3/c1-5-17-34(18-6-1)40-33-41(35-19-7-2-8-20-35)47(37-23-11-4-12-24-37)48(46(40)36-21-9-3-10-22-36)38-29-31-39(32-30-38)51-44-27-15-16-28-45(44)52-43-26-14-13-25-42(43)50-49(51)52/h1-33H. The molecule has 3 nitrogen and oxygen atoms in total. The van der Waals surface area contributed by atoms with Crippen molar-refractivity contribution in [3.05, 3.63) is 200 Å². The molecule has 0 radical (unpaired) electrons. The predicted octanol–water partition coefficient (Wildman–Crippen LogP) is 12.8. The van der Waals surface area contributed by atoms with Gasteiger partial charge < -0.3 is 0 Å². The van der Waals surface area contributed by atoms with Crippen LogP contribution in [0, 0.1) is 0 Å². The minimum atomic E-state index is 0.905. The summed E-state index contributed by atoms with van der Waals surface area (Å²) < 4.78 is 4.56. The Hall–Kier alpha value is -6.97. The van der Waals surface area contributed by atoms with Crippen LogP contribution in [0.4, 0.5) is 0 Å². The number of hydrogen-bond acceptors (Lipinski definition) is 1. The summed E-state index contributed by atoms with van der Waals surface area (Å²) in [7, 11) is 0. The molecule has 2 aromatic heterocycles. The molecule has 0 N–H and O–H groups in total. The van der Waals surface area contributed by atoms with E-state index >= 15 is 0 Å². The third-order valence-corrected chi connectivity index (χ3v) is 10.1.